The van der Waals surface area contributed by atoms with Crippen molar-refractivity contribution in [2.75, 3.05) is 0 Å². The highest BCUT2D eigenvalue weighted by molar-refractivity contribution is 5.93. The standard InChI is InChI=1S/C24H29N3O/c1-4-6-7-19-8-10-20(11-9-19)21-12-14-22(15-13-21)27-17-25-16-23(27)24(28)26-18(3)5-2/h8-18H,4-7H2,1-3H3,(H,26,28). The van der Waals surface area contributed by atoms with Crippen LogP contribution in [0.1, 0.15) is 56.1 Å². The molecule has 1 atom stereocenters. The summed E-state index contributed by atoms with van der Waals surface area (Å²) in [6.07, 6.45) is 7.77. The van der Waals surface area contributed by atoms with Gasteiger partial charge in [-0.3, -0.25) is 9.36 Å². The van der Waals surface area contributed by atoms with Crippen LogP contribution in [0.15, 0.2) is 61.1 Å². The van der Waals surface area contributed by atoms with Gasteiger partial charge >= 0.3 is 0 Å². The molecule has 0 saturated carbocycles. The number of hydrogen-bond donors (Lipinski definition) is 1. The van der Waals surface area contributed by atoms with Crippen LogP contribution < -0.4 is 5.32 Å². The van der Waals surface area contributed by atoms with Gasteiger partial charge in [-0.15, -0.1) is 0 Å². The van der Waals surface area contributed by atoms with E-state index in [-0.39, 0.29) is 11.9 Å². The number of nitrogens with zero attached hydrogens (tertiary/aromatic N) is 2. The molecule has 1 heterocycles. The Labute approximate surface area is 167 Å². The fraction of sp³-hybridized carbons (Fsp3) is 0.333. The number of imidazole rings is 1. The summed E-state index contributed by atoms with van der Waals surface area (Å²) in [5, 5.41) is 3.00. The zero-order valence-electron chi connectivity index (χ0n) is 17.0. The third-order valence-electron chi connectivity index (χ3n) is 5.11. The van der Waals surface area contributed by atoms with Crippen LogP contribution in [0.4, 0.5) is 0 Å². The summed E-state index contributed by atoms with van der Waals surface area (Å²) in [5.74, 6) is -0.0985. The highest BCUT2D eigenvalue weighted by Gasteiger charge is 2.14. The molecule has 3 rings (SSSR count). The molecule has 28 heavy (non-hydrogen) atoms. The summed E-state index contributed by atoms with van der Waals surface area (Å²) in [7, 11) is 0. The van der Waals surface area contributed by atoms with Crippen molar-refractivity contribution >= 4 is 5.91 Å². The van der Waals surface area contributed by atoms with Crippen LogP contribution in [0.25, 0.3) is 16.8 Å². The molecule has 4 nitrogen and oxygen atoms in total. The van der Waals surface area contributed by atoms with Gasteiger partial charge in [0, 0.05) is 11.7 Å². The van der Waals surface area contributed by atoms with E-state index in [1.165, 1.54) is 24.0 Å². The normalized spacial score (nSPS) is 12.0. The van der Waals surface area contributed by atoms with E-state index in [1.54, 1.807) is 12.5 Å². The van der Waals surface area contributed by atoms with E-state index in [4.69, 9.17) is 0 Å². The third kappa shape index (κ3) is 4.69. The summed E-state index contributed by atoms with van der Waals surface area (Å²) in [6, 6.07) is 17.2. The maximum atomic E-state index is 12.5. The number of aromatic nitrogens is 2. The Hall–Kier alpha value is -2.88. The van der Waals surface area contributed by atoms with Crippen molar-refractivity contribution in [3.05, 3.63) is 72.3 Å². The molecule has 4 heteroatoms. The minimum atomic E-state index is -0.0985. The van der Waals surface area contributed by atoms with Crippen LogP contribution >= 0.6 is 0 Å². The SMILES string of the molecule is CCCCc1ccc(-c2ccc(-n3cncc3C(=O)NC(C)CC)cc2)cc1. The first-order valence-electron chi connectivity index (χ1n) is 10.1. The van der Waals surface area contributed by atoms with Crippen LogP contribution in [0, 0.1) is 0 Å². The van der Waals surface area contributed by atoms with E-state index in [2.05, 4.69) is 60.5 Å². The Balaban J connectivity index is 1.77. The van der Waals surface area contributed by atoms with E-state index in [1.807, 2.05) is 23.6 Å². The second-order valence-electron chi connectivity index (χ2n) is 7.28. The van der Waals surface area contributed by atoms with Gasteiger partial charge in [-0.2, -0.15) is 0 Å². The first-order chi connectivity index (χ1) is 13.6. The van der Waals surface area contributed by atoms with Gasteiger partial charge in [-0.05, 0) is 55.0 Å². The van der Waals surface area contributed by atoms with Gasteiger partial charge in [0.25, 0.3) is 5.91 Å². The van der Waals surface area contributed by atoms with Crippen molar-refractivity contribution in [1.29, 1.82) is 0 Å². The molecule has 146 valence electrons. The van der Waals surface area contributed by atoms with Crippen molar-refractivity contribution < 1.29 is 4.79 Å². The molecule has 1 unspecified atom stereocenters. The van der Waals surface area contributed by atoms with Gasteiger partial charge in [0.2, 0.25) is 0 Å². The van der Waals surface area contributed by atoms with E-state index in [9.17, 15) is 4.79 Å². The number of hydrogen-bond acceptors (Lipinski definition) is 2. The number of nitrogens with one attached hydrogen (secondary N) is 1. The summed E-state index contributed by atoms with van der Waals surface area (Å²) >= 11 is 0. The van der Waals surface area contributed by atoms with Gasteiger partial charge in [-0.25, -0.2) is 4.98 Å². The first-order valence-corrected chi connectivity index (χ1v) is 10.1. The lowest BCUT2D eigenvalue weighted by molar-refractivity contribution is 0.0932. The Bertz CT molecular complexity index is 894. The van der Waals surface area contributed by atoms with E-state index >= 15 is 0 Å². The van der Waals surface area contributed by atoms with Crippen LogP contribution in [-0.4, -0.2) is 21.5 Å². The Morgan fingerprint density at radius 1 is 1.04 bits per heavy atom. The minimum absolute atomic E-state index is 0.0985. The van der Waals surface area contributed by atoms with Gasteiger partial charge < -0.3 is 5.32 Å². The second-order valence-corrected chi connectivity index (χ2v) is 7.28. The van der Waals surface area contributed by atoms with Gasteiger partial charge in [0.05, 0.1) is 12.5 Å². The summed E-state index contributed by atoms with van der Waals surface area (Å²) in [4.78, 5) is 16.7. The second kappa shape index (κ2) is 9.36. The van der Waals surface area contributed by atoms with Crippen molar-refractivity contribution in [3.8, 4) is 16.8 Å². The van der Waals surface area contributed by atoms with Crippen molar-refractivity contribution in [2.24, 2.45) is 0 Å². The molecule has 0 aliphatic heterocycles. The molecule has 3 aromatic rings. The quantitative estimate of drug-likeness (QED) is 0.572. The maximum absolute atomic E-state index is 12.5. The van der Waals surface area contributed by atoms with Crippen molar-refractivity contribution in [1.82, 2.24) is 14.9 Å². The lowest BCUT2D eigenvalue weighted by Gasteiger charge is -2.13. The molecular formula is C24H29N3O. The number of rotatable bonds is 8. The maximum Gasteiger partial charge on any atom is 0.270 e. The number of aryl methyl sites for hydroxylation is 1. The number of benzene rings is 2. The van der Waals surface area contributed by atoms with E-state index < -0.39 is 0 Å². The smallest absolute Gasteiger partial charge is 0.270 e. The molecule has 0 saturated heterocycles. The van der Waals surface area contributed by atoms with Crippen LogP contribution in [0.2, 0.25) is 0 Å². The zero-order valence-corrected chi connectivity index (χ0v) is 17.0. The Morgan fingerprint density at radius 3 is 2.29 bits per heavy atom. The number of carbonyl (C=O) groups is 1. The Kier molecular flexibility index (Phi) is 6.64. The molecule has 0 aliphatic carbocycles. The van der Waals surface area contributed by atoms with Gasteiger partial charge in [0.1, 0.15) is 5.69 Å². The molecule has 1 amide bonds. The topological polar surface area (TPSA) is 46.9 Å². The van der Waals surface area contributed by atoms with Gasteiger partial charge in [0.15, 0.2) is 0 Å². The highest BCUT2D eigenvalue weighted by Crippen LogP contribution is 2.22. The summed E-state index contributed by atoms with van der Waals surface area (Å²) in [5.41, 5.74) is 5.23. The molecule has 0 fully saturated rings. The highest BCUT2D eigenvalue weighted by atomic mass is 16.2. The lowest BCUT2D eigenvalue weighted by Crippen LogP contribution is -2.33. The molecule has 0 spiro atoms. The largest absolute Gasteiger partial charge is 0.348 e. The summed E-state index contributed by atoms with van der Waals surface area (Å²) in [6.45, 7) is 6.27. The molecular weight excluding hydrogens is 346 g/mol. The van der Waals surface area contributed by atoms with E-state index in [0.29, 0.717) is 5.69 Å². The predicted molar refractivity (Wildman–Crippen MR) is 115 cm³/mol. The minimum Gasteiger partial charge on any atom is -0.348 e. The van der Waals surface area contributed by atoms with E-state index in [0.717, 1.165) is 24.1 Å². The average molecular weight is 376 g/mol. The fourth-order valence-electron chi connectivity index (χ4n) is 3.13. The molecule has 2 aromatic carbocycles. The number of carbonyl (C=O) groups excluding carboxylic acids is 1. The third-order valence-corrected chi connectivity index (χ3v) is 5.11. The zero-order chi connectivity index (χ0) is 19.9. The Morgan fingerprint density at radius 2 is 1.68 bits per heavy atom. The summed E-state index contributed by atoms with van der Waals surface area (Å²) < 4.78 is 1.83. The van der Waals surface area contributed by atoms with Crippen molar-refractivity contribution in [2.45, 2.75) is 52.5 Å². The molecule has 1 N–H and O–H groups in total. The predicted octanol–water partition coefficient (Wildman–Crippen LogP) is 5.41. The molecule has 1 aromatic heterocycles. The number of amides is 1. The molecule has 0 radical (unpaired) electrons. The molecule has 0 aliphatic rings. The van der Waals surface area contributed by atoms with Crippen LogP contribution in [0.5, 0.6) is 0 Å². The first kappa shape index (κ1) is 19.9. The average Bonchev–Trinajstić information content (AvgIpc) is 3.23. The fourth-order valence-corrected chi connectivity index (χ4v) is 3.13. The number of unbranched alkanes of at least 4 members (excludes halogenated alkanes) is 1. The lowest BCUT2D eigenvalue weighted by atomic mass is 10.0. The monoisotopic (exact) mass is 375 g/mol. The van der Waals surface area contributed by atoms with Crippen LogP contribution in [0.3, 0.4) is 0 Å². The van der Waals surface area contributed by atoms with Crippen LogP contribution in [-0.2, 0) is 6.42 Å². The van der Waals surface area contributed by atoms with Crippen molar-refractivity contribution in [3.63, 3.8) is 0 Å². The van der Waals surface area contributed by atoms with Gasteiger partial charge in [-0.1, -0.05) is 56.7 Å². The molecule has 0 bridgehead atoms.